The molecule has 0 N–H and O–H groups in total. The highest BCUT2D eigenvalue weighted by atomic mass is 16.1. The van der Waals surface area contributed by atoms with E-state index in [1.807, 2.05) is 0 Å². The molecule has 1 nitrogen and oxygen atoms in total. The van der Waals surface area contributed by atoms with Crippen molar-refractivity contribution in [1.82, 2.24) is 0 Å². The van der Waals surface area contributed by atoms with Gasteiger partial charge in [0.25, 0.3) is 0 Å². The second-order valence-corrected chi connectivity index (χ2v) is 4.50. The lowest BCUT2D eigenvalue weighted by molar-refractivity contribution is -0.127. The van der Waals surface area contributed by atoms with Gasteiger partial charge < -0.3 is 0 Å². The van der Waals surface area contributed by atoms with Crippen LogP contribution in [0.4, 0.5) is 0 Å². The molecule has 0 aliphatic heterocycles. The second-order valence-electron chi connectivity index (χ2n) is 4.50. The van der Waals surface area contributed by atoms with Crippen LogP contribution in [0.5, 0.6) is 0 Å². The average Bonchev–Trinajstić information content (AvgIpc) is 2.23. The van der Waals surface area contributed by atoms with Crippen molar-refractivity contribution >= 4 is 5.78 Å². The molecule has 0 amide bonds. The number of carbonyl (C=O) groups is 1. The second kappa shape index (κ2) is 2.45. The van der Waals surface area contributed by atoms with Gasteiger partial charge in [0, 0.05) is 11.3 Å². The van der Waals surface area contributed by atoms with Crippen LogP contribution in [-0.4, -0.2) is 5.78 Å². The SMILES string of the molecule is CC1=CCCC2(C)CCC1C2=O. The average molecular weight is 164 g/mol. The van der Waals surface area contributed by atoms with Gasteiger partial charge in [0.05, 0.1) is 0 Å². The molecule has 2 bridgehead atoms. The Morgan fingerprint density at radius 1 is 1.50 bits per heavy atom. The van der Waals surface area contributed by atoms with Crippen molar-refractivity contribution in [3.05, 3.63) is 11.6 Å². The number of ketones is 1. The maximum Gasteiger partial charge on any atom is 0.145 e. The van der Waals surface area contributed by atoms with Gasteiger partial charge in [0.1, 0.15) is 5.78 Å². The largest absolute Gasteiger partial charge is 0.298 e. The molecule has 2 aliphatic rings. The molecule has 0 radical (unpaired) electrons. The van der Waals surface area contributed by atoms with Gasteiger partial charge in [-0.1, -0.05) is 18.6 Å². The van der Waals surface area contributed by atoms with E-state index >= 15 is 0 Å². The predicted octanol–water partition coefficient (Wildman–Crippen LogP) is 2.71. The summed E-state index contributed by atoms with van der Waals surface area (Å²) in [6, 6.07) is 0. The van der Waals surface area contributed by atoms with Gasteiger partial charge in [-0.05, 0) is 32.6 Å². The lowest BCUT2D eigenvalue weighted by Crippen LogP contribution is -2.23. The minimum Gasteiger partial charge on any atom is -0.298 e. The highest BCUT2D eigenvalue weighted by Crippen LogP contribution is 2.46. The van der Waals surface area contributed by atoms with Gasteiger partial charge in [-0.3, -0.25) is 4.79 Å². The Bertz CT molecular complexity index is 252. The fourth-order valence-corrected chi connectivity index (χ4v) is 2.58. The summed E-state index contributed by atoms with van der Waals surface area (Å²) in [7, 11) is 0. The molecule has 0 aromatic heterocycles. The Kier molecular flexibility index (Phi) is 1.64. The van der Waals surface area contributed by atoms with E-state index in [0.717, 1.165) is 25.7 Å². The molecule has 2 aliphatic carbocycles. The summed E-state index contributed by atoms with van der Waals surface area (Å²) < 4.78 is 0. The van der Waals surface area contributed by atoms with Crippen molar-refractivity contribution in [1.29, 1.82) is 0 Å². The fraction of sp³-hybridized carbons (Fsp3) is 0.727. The monoisotopic (exact) mass is 164 g/mol. The molecule has 0 saturated heterocycles. The van der Waals surface area contributed by atoms with Gasteiger partial charge in [0.15, 0.2) is 0 Å². The molecule has 1 fully saturated rings. The number of hydrogen-bond acceptors (Lipinski definition) is 1. The molecule has 12 heavy (non-hydrogen) atoms. The zero-order valence-corrected chi connectivity index (χ0v) is 7.89. The molecule has 2 unspecified atom stereocenters. The van der Waals surface area contributed by atoms with Crippen molar-refractivity contribution < 1.29 is 4.79 Å². The summed E-state index contributed by atoms with van der Waals surface area (Å²) in [5, 5.41) is 0. The van der Waals surface area contributed by atoms with Crippen molar-refractivity contribution in [3.63, 3.8) is 0 Å². The summed E-state index contributed by atoms with van der Waals surface area (Å²) in [6.07, 6.45) is 6.64. The van der Waals surface area contributed by atoms with Crippen LogP contribution in [0.1, 0.15) is 39.5 Å². The highest BCUT2D eigenvalue weighted by Gasteiger charge is 2.44. The summed E-state index contributed by atoms with van der Waals surface area (Å²) in [6.45, 7) is 4.25. The molecule has 1 saturated carbocycles. The van der Waals surface area contributed by atoms with Crippen LogP contribution in [0.2, 0.25) is 0 Å². The van der Waals surface area contributed by atoms with Crippen molar-refractivity contribution in [2.45, 2.75) is 39.5 Å². The van der Waals surface area contributed by atoms with E-state index in [1.54, 1.807) is 0 Å². The number of Topliss-reactive ketones (excluding diaryl/α,β-unsaturated/α-hetero) is 1. The minimum atomic E-state index is 0.0267. The van der Waals surface area contributed by atoms with Gasteiger partial charge in [-0.2, -0.15) is 0 Å². The first-order valence-corrected chi connectivity index (χ1v) is 4.84. The number of fused-ring (bicyclic) bond motifs is 2. The Morgan fingerprint density at radius 3 is 3.00 bits per heavy atom. The third kappa shape index (κ3) is 0.954. The molecule has 66 valence electrons. The molecular weight excluding hydrogens is 148 g/mol. The molecular formula is C11H16O. The van der Waals surface area contributed by atoms with Crippen molar-refractivity contribution in [3.8, 4) is 0 Å². The first-order valence-electron chi connectivity index (χ1n) is 4.84. The van der Waals surface area contributed by atoms with Gasteiger partial charge in [-0.15, -0.1) is 0 Å². The van der Waals surface area contributed by atoms with E-state index < -0.39 is 0 Å². The quantitative estimate of drug-likeness (QED) is 0.503. The molecule has 0 spiro atoms. The molecule has 0 heterocycles. The van der Waals surface area contributed by atoms with E-state index in [1.165, 1.54) is 5.57 Å². The summed E-state index contributed by atoms with van der Waals surface area (Å²) in [5.74, 6) is 0.784. The number of allylic oxidation sites excluding steroid dienone is 2. The zero-order chi connectivity index (χ0) is 8.77. The first-order chi connectivity index (χ1) is 5.63. The van der Waals surface area contributed by atoms with Gasteiger partial charge >= 0.3 is 0 Å². The third-order valence-corrected chi connectivity index (χ3v) is 3.61. The van der Waals surface area contributed by atoms with Crippen LogP contribution in [-0.2, 0) is 4.79 Å². The number of carbonyl (C=O) groups excluding carboxylic acids is 1. The number of rotatable bonds is 0. The molecule has 0 aromatic rings. The van der Waals surface area contributed by atoms with E-state index in [2.05, 4.69) is 19.9 Å². The maximum atomic E-state index is 11.9. The lowest BCUT2D eigenvalue weighted by Gasteiger charge is -2.19. The smallest absolute Gasteiger partial charge is 0.145 e. The molecule has 2 rings (SSSR count). The van der Waals surface area contributed by atoms with Crippen LogP contribution in [0.25, 0.3) is 0 Å². The Morgan fingerprint density at radius 2 is 2.25 bits per heavy atom. The van der Waals surface area contributed by atoms with Crippen LogP contribution in [0, 0.1) is 11.3 Å². The Labute approximate surface area is 73.8 Å². The van der Waals surface area contributed by atoms with Crippen molar-refractivity contribution in [2.24, 2.45) is 11.3 Å². The van der Waals surface area contributed by atoms with Crippen LogP contribution in [0.15, 0.2) is 11.6 Å². The van der Waals surface area contributed by atoms with Crippen LogP contribution >= 0.6 is 0 Å². The Balaban J connectivity index is 2.37. The minimum absolute atomic E-state index is 0.0267. The standard InChI is InChI=1S/C11H16O/c1-8-4-3-6-11(2)7-5-9(8)10(11)12/h4,9H,3,5-7H2,1-2H3. The van der Waals surface area contributed by atoms with Gasteiger partial charge in [-0.25, -0.2) is 0 Å². The lowest BCUT2D eigenvalue weighted by atomic mass is 9.83. The fourth-order valence-electron chi connectivity index (χ4n) is 2.58. The van der Waals surface area contributed by atoms with Crippen LogP contribution in [0.3, 0.4) is 0 Å². The molecule has 2 atom stereocenters. The van der Waals surface area contributed by atoms with E-state index in [0.29, 0.717) is 5.78 Å². The maximum absolute atomic E-state index is 11.9. The van der Waals surface area contributed by atoms with E-state index in [4.69, 9.17) is 0 Å². The predicted molar refractivity (Wildman–Crippen MR) is 48.8 cm³/mol. The summed E-state index contributed by atoms with van der Waals surface area (Å²) in [5.41, 5.74) is 1.35. The topological polar surface area (TPSA) is 17.1 Å². The summed E-state index contributed by atoms with van der Waals surface area (Å²) >= 11 is 0. The van der Waals surface area contributed by atoms with Crippen LogP contribution < -0.4 is 0 Å². The third-order valence-electron chi connectivity index (χ3n) is 3.61. The normalized spacial score (nSPS) is 41.0. The first kappa shape index (κ1) is 8.03. The van der Waals surface area contributed by atoms with E-state index in [-0.39, 0.29) is 11.3 Å². The number of hydrogen-bond donors (Lipinski definition) is 0. The summed E-state index contributed by atoms with van der Waals surface area (Å²) in [4.78, 5) is 11.9. The van der Waals surface area contributed by atoms with E-state index in [9.17, 15) is 4.79 Å². The highest BCUT2D eigenvalue weighted by molar-refractivity contribution is 5.91. The van der Waals surface area contributed by atoms with Crippen molar-refractivity contribution in [2.75, 3.05) is 0 Å². The Hall–Kier alpha value is -0.590. The zero-order valence-electron chi connectivity index (χ0n) is 7.89. The molecule has 0 aromatic carbocycles. The van der Waals surface area contributed by atoms with Gasteiger partial charge in [0.2, 0.25) is 0 Å². The molecule has 1 heteroatoms.